The number of likely N-dealkylation sites (N-methyl/N-ethyl adjacent to an activating group) is 1. The third-order valence-corrected chi connectivity index (χ3v) is 7.17. The van der Waals surface area contributed by atoms with Crippen molar-refractivity contribution in [1.29, 1.82) is 0 Å². The highest BCUT2D eigenvalue weighted by Gasteiger charge is 2.32. The summed E-state index contributed by atoms with van der Waals surface area (Å²) < 4.78 is 12.0. The number of rotatable bonds is 9. The monoisotopic (exact) mass is 611 g/mol. The van der Waals surface area contributed by atoms with Crippen molar-refractivity contribution in [3.8, 4) is 11.5 Å². The molecular weight excluding hydrogens is 590 g/mol. The number of thioether (sulfide) groups is 1. The number of nitro benzene ring substituents is 1. The Balaban J connectivity index is 1.59. The molecule has 0 saturated carbocycles. The van der Waals surface area contributed by atoms with Crippen molar-refractivity contribution in [2.45, 2.75) is 13.5 Å². The van der Waals surface area contributed by atoms with E-state index in [0.29, 0.717) is 49.4 Å². The first-order valence-corrected chi connectivity index (χ1v) is 13.2. The number of benzene rings is 3. The fourth-order valence-electron chi connectivity index (χ4n) is 3.72. The highest BCUT2D eigenvalue weighted by atomic mass is 79.9. The highest BCUT2D eigenvalue weighted by molar-refractivity contribution is 9.10. The van der Waals surface area contributed by atoms with E-state index in [1.54, 1.807) is 42.5 Å². The van der Waals surface area contributed by atoms with Gasteiger partial charge in [-0.05, 0) is 82.2 Å². The lowest BCUT2D eigenvalue weighted by atomic mass is 10.1. The number of carbonyl (C=O) groups is 2. The van der Waals surface area contributed by atoms with Gasteiger partial charge in [0.2, 0.25) is 0 Å². The Morgan fingerprint density at radius 3 is 2.67 bits per heavy atom. The zero-order valence-corrected chi connectivity index (χ0v) is 23.2. The number of hydrogen-bond donors (Lipinski definition) is 1. The van der Waals surface area contributed by atoms with Crippen LogP contribution in [0.3, 0.4) is 0 Å². The van der Waals surface area contributed by atoms with Gasteiger partial charge in [0.15, 0.2) is 16.7 Å². The summed E-state index contributed by atoms with van der Waals surface area (Å²) in [6, 6.07) is 15.9. The van der Waals surface area contributed by atoms with E-state index in [0.717, 1.165) is 0 Å². The van der Waals surface area contributed by atoms with E-state index >= 15 is 0 Å². The molecule has 39 heavy (non-hydrogen) atoms. The topological polar surface area (TPSA) is 132 Å². The van der Waals surface area contributed by atoms with E-state index < -0.39 is 10.9 Å². The smallest absolute Gasteiger partial charge is 0.335 e. The van der Waals surface area contributed by atoms with Gasteiger partial charge in [-0.1, -0.05) is 18.2 Å². The number of nitro groups is 1. The molecule has 0 atom stereocenters. The molecule has 1 aliphatic heterocycles. The normalized spacial score (nSPS) is 15.2. The van der Waals surface area contributed by atoms with Crippen LogP contribution in [0.15, 0.2) is 75.0 Å². The summed E-state index contributed by atoms with van der Waals surface area (Å²) in [6.07, 6.45) is 1.71. The van der Waals surface area contributed by atoms with Crippen molar-refractivity contribution in [2.75, 3.05) is 13.7 Å². The van der Waals surface area contributed by atoms with E-state index in [1.807, 2.05) is 6.92 Å². The van der Waals surface area contributed by atoms with E-state index in [9.17, 15) is 24.8 Å². The molecule has 1 amide bonds. The number of amidine groups is 1. The molecule has 1 heterocycles. The van der Waals surface area contributed by atoms with Crippen molar-refractivity contribution >= 4 is 62.2 Å². The molecule has 0 spiro atoms. The number of carboxylic acids is 1. The van der Waals surface area contributed by atoms with E-state index in [4.69, 9.17) is 9.47 Å². The van der Waals surface area contributed by atoms with Crippen LogP contribution in [0, 0.1) is 10.1 Å². The maximum absolute atomic E-state index is 13.1. The van der Waals surface area contributed by atoms with Crippen LogP contribution in [-0.2, 0) is 11.4 Å². The fraction of sp³-hybridized carbons (Fsp3) is 0.148. The fourth-order valence-corrected chi connectivity index (χ4v) is 5.36. The lowest BCUT2D eigenvalue weighted by Crippen LogP contribution is -2.28. The zero-order valence-electron chi connectivity index (χ0n) is 20.8. The number of non-ortho nitro benzene ring substituents is 1. The third-order valence-electron chi connectivity index (χ3n) is 5.58. The summed E-state index contributed by atoms with van der Waals surface area (Å²) in [7, 11) is 1.49. The largest absolute Gasteiger partial charge is 0.493 e. The Kier molecular flexibility index (Phi) is 8.67. The molecule has 12 heteroatoms. The number of aromatic carboxylic acids is 1. The number of aliphatic imine (C=N–C) groups is 1. The van der Waals surface area contributed by atoms with Gasteiger partial charge in [-0.15, -0.1) is 0 Å². The maximum Gasteiger partial charge on any atom is 0.335 e. The van der Waals surface area contributed by atoms with Gasteiger partial charge in [-0.25, -0.2) is 9.79 Å². The zero-order chi connectivity index (χ0) is 28.1. The van der Waals surface area contributed by atoms with Gasteiger partial charge in [-0.2, -0.15) is 0 Å². The summed E-state index contributed by atoms with van der Waals surface area (Å²) in [5.74, 6) is -0.468. The molecule has 1 fully saturated rings. The lowest BCUT2D eigenvalue weighted by molar-refractivity contribution is -0.384. The average Bonchev–Trinajstić information content (AvgIpc) is 3.21. The minimum atomic E-state index is -1.06. The van der Waals surface area contributed by atoms with Crippen molar-refractivity contribution < 1.29 is 29.1 Å². The number of amides is 1. The Morgan fingerprint density at radius 2 is 1.97 bits per heavy atom. The molecule has 0 aliphatic carbocycles. The van der Waals surface area contributed by atoms with Gasteiger partial charge in [0, 0.05) is 18.7 Å². The molecular formula is C27H22BrN3O7S. The highest BCUT2D eigenvalue weighted by Crippen LogP contribution is 2.40. The Bertz CT molecular complexity index is 1520. The summed E-state index contributed by atoms with van der Waals surface area (Å²) in [5.41, 5.74) is 1.80. The SMILES string of the molecule is CCN1C(=O)/C(=C/c2cc(Br)c(OCc3cccc([N+](=O)[O-])c3)c(OC)c2)SC1=Nc1cccc(C(=O)O)c1. The predicted molar refractivity (Wildman–Crippen MR) is 152 cm³/mol. The summed E-state index contributed by atoms with van der Waals surface area (Å²) >= 11 is 4.69. The first-order chi connectivity index (χ1) is 18.7. The third kappa shape index (κ3) is 6.47. The molecule has 200 valence electrons. The molecule has 1 aliphatic rings. The molecule has 10 nitrogen and oxygen atoms in total. The predicted octanol–water partition coefficient (Wildman–Crippen LogP) is 6.27. The van der Waals surface area contributed by atoms with Gasteiger partial charge in [0.25, 0.3) is 11.6 Å². The molecule has 3 aromatic rings. The van der Waals surface area contributed by atoms with Crippen molar-refractivity contribution in [1.82, 2.24) is 4.90 Å². The Morgan fingerprint density at radius 1 is 1.21 bits per heavy atom. The van der Waals surface area contributed by atoms with E-state index in [-0.39, 0.29) is 23.8 Å². The first-order valence-electron chi connectivity index (χ1n) is 11.6. The average molecular weight is 612 g/mol. The minimum absolute atomic E-state index is 0.0264. The lowest BCUT2D eigenvalue weighted by Gasteiger charge is -2.14. The Labute approximate surface area is 236 Å². The van der Waals surface area contributed by atoms with Gasteiger partial charge in [-0.3, -0.25) is 19.8 Å². The second-order valence-corrected chi connectivity index (χ2v) is 10.0. The van der Waals surface area contributed by atoms with Crippen LogP contribution in [0.5, 0.6) is 11.5 Å². The molecule has 0 aromatic heterocycles. The Hall–Kier alpha value is -4.16. The van der Waals surface area contributed by atoms with Crippen molar-refractivity contribution in [2.24, 2.45) is 4.99 Å². The number of ether oxygens (including phenoxy) is 2. The standard InChI is InChI=1S/C27H22BrN3O7S/c1-3-30-25(32)23(39-27(30)29-19-8-5-7-18(14-19)26(33)34)13-17-11-21(28)24(22(12-17)37-2)38-15-16-6-4-9-20(10-16)31(35)36/h4-14H,3,15H2,1-2H3,(H,33,34)/b23-13-,29-27?. The van der Waals surface area contributed by atoms with Gasteiger partial charge in [0.1, 0.15) is 6.61 Å². The quantitative estimate of drug-likeness (QED) is 0.170. The molecule has 0 unspecified atom stereocenters. The van der Waals surface area contributed by atoms with E-state index in [2.05, 4.69) is 20.9 Å². The summed E-state index contributed by atoms with van der Waals surface area (Å²) in [5, 5.41) is 20.7. The second-order valence-electron chi connectivity index (χ2n) is 8.16. The number of nitrogens with zero attached hydrogens (tertiary/aromatic N) is 3. The second kappa shape index (κ2) is 12.1. The number of methoxy groups -OCH3 is 1. The van der Waals surface area contributed by atoms with Crippen LogP contribution >= 0.6 is 27.7 Å². The minimum Gasteiger partial charge on any atom is -0.493 e. The molecule has 1 saturated heterocycles. The molecule has 0 radical (unpaired) electrons. The summed E-state index contributed by atoms with van der Waals surface area (Å²) in [4.78, 5) is 41.5. The first kappa shape index (κ1) is 27.9. The summed E-state index contributed by atoms with van der Waals surface area (Å²) in [6.45, 7) is 2.30. The van der Waals surface area contributed by atoms with Crippen molar-refractivity contribution in [3.05, 3.63) is 96.8 Å². The van der Waals surface area contributed by atoms with Crippen molar-refractivity contribution in [3.63, 3.8) is 0 Å². The maximum atomic E-state index is 13.1. The van der Waals surface area contributed by atoms with Crippen LogP contribution in [0.1, 0.15) is 28.4 Å². The van der Waals surface area contributed by atoms with Gasteiger partial charge >= 0.3 is 5.97 Å². The number of hydrogen-bond acceptors (Lipinski definition) is 8. The van der Waals surface area contributed by atoms with Crippen LogP contribution < -0.4 is 9.47 Å². The van der Waals surface area contributed by atoms with Crippen LogP contribution in [-0.4, -0.2) is 45.6 Å². The van der Waals surface area contributed by atoms with Gasteiger partial charge < -0.3 is 14.6 Å². The number of halogens is 1. The van der Waals surface area contributed by atoms with Crippen LogP contribution in [0.25, 0.3) is 6.08 Å². The molecule has 0 bridgehead atoms. The van der Waals surface area contributed by atoms with Crippen LogP contribution in [0.4, 0.5) is 11.4 Å². The van der Waals surface area contributed by atoms with E-state index in [1.165, 1.54) is 48.0 Å². The molecule has 1 N–H and O–H groups in total. The number of carboxylic acid groups (broad SMARTS) is 1. The molecule has 3 aromatic carbocycles. The molecule has 4 rings (SSSR count). The number of carbonyl (C=O) groups excluding carboxylic acids is 1. The van der Waals surface area contributed by atoms with Gasteiger partial charge in [0.05, 0.1) is 32.7 Å². The van der Waals surface area contributed by atoms with Crippen LogP contribution in [0.2, 0.25) is 0 Å².